The maximum atomic E-state index is 5.68. The predicted octanol–water partition coefficient (Wildman–Crippen LogP) is 1.72. The van der Waals surface area contributed by atoms with E-state index in [1.165, 1.54) is 0 Å². The molecule has 1 aromatic heterocycles. The molecule has 0 aliphatic carbocycles. The van der Waals surface area contributed by atoms with Crippen molar-refractivity contribution in [3.8, 4) is 5.88 Å². The molecular weight excluding hydrogens is 188 g/mol. The first-order valence-corrected chi connectivity index (χ1v) is 4.67. The predicted molar refractivity (Wildman–Crippen MR) is 53.3 cm³/mol. The first-order chi connectivity index (χ1) is 6.33. The number of rotatable bonds is 5. The van der Waals surface area contributed by atoms with Gasteiger partial charge in [-0.25, -0.2) is 4.98 Å². The van der Waals surface area contributed by atoms with E-state index in [1.54, 1.807) is 12.1 Å². The van der Waals surface area contributed by atoms with E-state index in [4.69, 9.17) is 16.3 Å². The molecule has 0 aliphatic heterocycles. The molecule has 1 rings (SSSR count). The average Bonchev–Trinajstić information content (AvgIpc) is 2.13. The molecule has 1 aromatic rings. The molecular formula is C9H13ClN2O. The second-order valence-corrected chi connectivity index (χ2v) is 2.89. The summed E-state index contributed by atoms with van der Waals surface area (Å²) in [5.74, 6) is 0.574. The van der Waals surface area contributed by atoms with Crippen molar-refractivity contribution in [1.29, 1.82) is 0 Å². The van der Waals surface area contributed by atoms with Crippen molar-refractivity contribution in [3.05, 3.63) is 23.4 Å². The fourth-order valence-corrected chi connectivity index (χ4v) is 1.03. The first kappa shape index (κ1) is 10.3. The Morgan fingerprint density at radius 2 is 2.38 bits per heavy atom. The Bertz CT molecular complexity index is 255. The number of likely N-dealkylation sites (N-methyl/N-ethyl adjacent to an activating group) is 1. The number of halogens is 1. The lowest BCUT2D eigenvalue weighted by molar-refractivity contribution is 0.304. The van der Waals surface area contributed by atoms with E-state index in [-0.39, 0.29) is 0 Å². The summed E-state index contributed by atoms with van der Waals surface area (Å²) >= 11 is 5.68. The molecule has 1 N–H and O–H groups in total. The van der Waals surface area contributed by atoms with E-state index >= 15 is 0 Å². The van der Waals surface area contributed by atoms with E-state index in [0.29, 0.717) is 17.6 Å². The minimum atomic E-state index is 0.459. The number of ether oxygens (including phenoxy) is 1. The monoisotopic (exact) mass is 200 g/mol. The van der Waals surface area contributed by atoms with E-state index in [1.807, 2.05) is 6.07 Å². The molecule has 0 saturated carbocycles. The number of nitrogens with one attached hydrogen (secondary N) is 1. The van der Waals surface area contributed by atoms with Crippen LogP contribution in [0.4, 0.5) is 0 Å². The summed E-state index contributed by atoms with van der Waals surface area (Å²) in [5, 5.41) is 3.61. The molecule has 4 heteroatoms. The van der Waals surface area contributed by atoms with Crippen molar-refractivity contribution >= 4 is 11.6 Å². The van der Waals surface area contributed by atoms with Crippen LogP contribution in [0.25, 0.3) is 0 Å². The molecule has 0 aliphatic rings. The van der Waals surface area contributed by atoms with Crippen LogP contribution in [0.3, 0.4) is 0 Å². The van der Waals surface area contributed by atoms with Gasteiger partial charge < -0.3 is 10.1 Å². The van der Waals surface area contributed by atoms with E-state index < -0.39 is 0 Å². The van der Waals surface area contributed by atoms with Gasteiger partial charge in [-0.2, -0.15) is 0 Å². The first-order valence-electron chi connectivity index (χ1n) is 4.29. The van der Waals surface area contributed by atoms with Gasteiger partial charge >= 0.3 is 0 Å². The quantitative estimate of drug-likeness (QED) is 0.581. The zero-order valence-corrected chi connectivity index (χ0v) is 8.34. The van der Waals surface area contributed by atoms with Gasteiger partial charge in [0, 0.05) is 12.6 Å². The molecule has 0 fully saturated rings. The standard InChI is InChI=1S/C9H13ClN2O/c1-2-11-6-7-13-9-5-3-4-8(10)12-9/h3-5,11H,2,6-7H2,1H3. The maximum absolute atomic E-state index is 5.68. The van der Waals surface area contributed by atoms with Crippen molar-refractivity contribution < 1.29 is 4.74 Å². The van der Waals surface area contributed by atoms with Crippen LogP contribution in [0.2, 0.25) is 5.15 Å². The SMILES string of the molecule is CCNCCOc1cccc(Cl)n1. The Morgan fingerprint density at radius 3 is 3.08 bits per heavy atom. The van der Waals surface area contributed by atoms with Gasteiger partial charge in [0.15, 0.2) is 0 Å². The molecule has 0 amide bonds. The maximum Gasteiger partial charge on any atom is 0.214 e. The Balaban J connectivity index is 2.28. The molecule has 0 bridgehead atoms. The Labute approximate surface area is 83.1 Å². The number of pyridine rings is 1. The van der Waals surface area contributed by atoms with Crippen LogP contribution >= 0.6 is 11.6 Å². The van der Waals surface area contributed by atoms with E-state index in [0.717, 1.165) is 13.1 Å². The fraction of sp³-hybridized carbons (Fsp3) is 0.444. The van der Waals surface area contributed by atoms with Crippen LogP contribution in [0, 0.1) is 0 Å². The summed E-state index contributed by atoms with van der Waals surface area (Å²) in [6.07, 6.45) is 0. The Kier molecular flexibility index (Phi) is 4.57. The molecule has 0 radical (unpaired) electrons. The Hall–Kier alpha value is -0.800. The van der Waals surface area contributed by atoms with Crippen LogP contribution in [0.5, 0.6) is 5.88 Å². The largest absolute Gasteiger partial charge is 0.476 e. The molecule has 72 valence electrons. The van der Waals surface area contributed by atoms with Gasteiger partial charge in [0.2, 0.25) is 5.88 Å². The second-order valence-electron chi connectivity index (χ2n) is 2.50. The number of hydrogen-bond donors (Lipinski definition) is 1. The normalized spacial score (nSPS) is 10.0. The number of hydrogen-bond acceptors (Lipinski definition) is 3. The minimum Gasteiger partial charge on any atom is -0.476 e. The highest BCUT2D eigenvalue weighted by Gasteiger charge is 1.94. The Morgan fingerprint density at radius 1 is 1.54 bits per heavy atom. The second kappa shape index (κ2) is 5.78. The summed E-state index contributed by atoms with van der Waals surface area (Å²) < 4.78 is 5.33. The molecule has 0 saturated heterocycles. The smallest absolute Gasteiger partial charge is 0.214 e. The van der Waals surface area contributed by atoms with Crippen LogP contribution in [0.1, 0.15) is 6.92 Å². The van der Waals surface area contributed by atoms with Gasteiger partial charge in [0.25, 0.3) is 0 Å². The molecule has 0 aromatic carbocycles. The highest BCUT2D eigenvalue weighted by molar-refractivity contribution is 6.29. The molecule has 3 nitrogen and oxygen atoms in total. The van der Waals surface area contributed by atoms with Gasteiger partial charge in [-0.3, -0.25) is 0 Å². The van der Waals surface area contributed by atoms with Crippen LogP contribution in [-0.2, 0) is 0 Å². The lowest BCUT2D eigenvalue weighted by Crippen LogP contribution is -2.20. The third-order valence-electron chi connectivity index (χ3n) is 1.47. The third kappa shape index (κ3) is 4.10. The van der Waals surface area contributed by atoms with Crippen molar-refractivity contribution in [2.75, 3.05) is 19.7 Å². The molecule has 0 atom stereocenters. The third-order valence-corrected chi connectivity index (χ3v) is 1.68. The van der Waals surface area contributed by atoms with E-state index in [2.05, 4.69) is 17.2 Å². The van der Waals surface area contributed by atoms with Gasteiger partial charge in [0.05, 0.1) is 0 Å². The van der Waals surface area contributed by atoms with Crippen LogP contribution < -0.4 is 10.1 Å². The molecule has 0 unspecified atom stereocenters. The summed E-state index contributed by atoms with van der Waals surface area (Å²) in [4.78, 5) is 3.99. The fourth-order valence-electron chi connectivity index (χ4n) is 0.875. The van der Waals surface area contributed by atoms with Gasteiger partial charge in [-0.05, 0) is 12.6 Å². The molecule has 13 heavy (non-hydrogen) atoms. The van der Waals surface area contributed by atoms with Gasteiger partial charge in [0.1, 0.15) is 11.8 Å². The van der Waals surface area contributed by atoms with Crippen LogP contribution in [0.15, 0.2) is 18.2 Å². The van der Waals surface area contributed by atoms with Gasteiger partial charge in [-0.1, -0.05) is 24.6 Å². The summed E-state index contributed by atoms with van der Waals surface area (Å²) in [5.41, 5.74) is 0. The minimum absolute atomic E-state index is 0.459. The number of aromatic nitrogens is 1. The van der Waals surface area contributed by atoms with Crippen molar-refractivity contribution in [3.63, 3.8) is 0 Å². The lowest BCUT2D eigenvalue weighted by Gasteiger charge is -2.04. The van der Waals surface area contributed by atoms with Gasteiger partial charge in [-0.15, -0.1) is 0 Å². The highest BCUT2D eigenvalue weighted by Crippen LogP contribution is 2.10. The van der Waals surface area contributed by atoms with Crippen molar-refractivity contribution in [2.24, 2.45) is 0 Å². The lowest BCUT2D eigenvalue weighted by atomic mass is 10.5. The average molecular weight is 201 g/mol. The van der Waals surface area contributed by atoms with Crippen LogP contribution in [-0.4, -0.2) is 24.7 Å². The summed E-state index contributed by atoms with van der Waals surface area (Å²) in [6, 6.07) is 5.33. The summed E-state index contributed by atoms with van der Waals surface area (Å²) in [6.45, 7) is 4.44. The zero-order chi connectivity index (χ0) is 9.52. The molecule has 1 heterocycles. The molecule has 0 spiro atoms. The highest BCUT2D eigenvalue weighted by atomic mass is 35.5. The topological polar surface area (TPSA) is 34.1 Å². The zero-order valence-electron chi connectivity index (χ0n) is 7.59. The van der Waals surface area contributed by atoms with Crippen molar-refractivity contribution in [1.82, 2.24) is 10.3 Å². The summed E-state index contributed by atoms with van der Waals surface area (Å²) in [7, 11) is 0. The van der Waals surface area contributed by atoms with E-state index in [9.17, 15) is 0 Å². The number of nitrogens with zero attached hydrogens (tertiary/aromatic N) is 1. The van der Waals surface area contributed by atoms with Crippen molar-refractivity contribution in [2.45, 2.75) is 6.92 Å².